The summed E-state index contributed by atoms with van der Waals surface area (Å²) in [6, 6.07) is 3.30. The topological polar surface area (TPSA) is 93.9 Å². The summed E-state index contributed by atoms with van der Waals surface area (Å²) in [5, 5.41) is 16.9. The fourth-order valence-electron chi connectivity index (χ4n) is 4.33. The maximum absolute atomic E-state index is 14.9. The van der Waals surface area contributed by atoms with Crippen LogP contribution in [-0.4, -0.2) is 55.2 Å². The summed E-state index contributed by atoms with van der Waals surface area (Å²) in [5.74, 6) is -1.20. The Morgan fingerprint density at radius 3 is 2.32 bits per heavy atom. The third-order valence-corrected chi connectivity index (χ3v) is 7.66. The molecule has 1 aromatic carbocycles. The number of benzene rings is 1. The van der Waals surface area contributed by atoms with E-state index in [9.17, 15) is 17.9 Å². The fraction of sp³-hybridized carbons (Fsp3) is 0.583. The summed E-state index contributed by atoms with van der Waals surface area (Å²) in [5.41, 5.74) is 1.95. The molecule has 34 heavy (non-hydrogen) atoms. The predicted octanol–water partition coefficient (Wildman–Crippen LogP) is 2.95. The van der Waals surface area contributed by atoms with Crippen LogP contribution in [-0.2, 0) is 23.7 Å². The van der Waals surface area contributed by atoms with Crippen LogP contribution in [0.1, 0.15) is 69.1 Å². The van der Waals surface area contributed by atoms with Crippen molar-refractivity contribution in [2.24, 2.45) is 11.4 Å². The third kappa shape index (κ3) is 5.96. The van der Waals surface area contributed by atoms with E-state index in [1.165, 1.54) is 10.9 Å². The van der Waals surface area contributed by atoms with Gasteiger partial charge in [-0.05, 0) is 60.9 Å². The number of nitrogens with zero attached hydrogens (tertiary/aromatic N) is 5. The summed E-state index contributed by atoms with van der Waals surface area (Å²) in [6.45, 7) is 8.61. The van der Waals surface area contributed by atoms with E-state index in [-0.39, 0.29) is 36.7 Å². The van der Waals surface area contributed by atoms with Gasteiger partial charge in [-0.3, -0.25) is 4.68 Å². The van der Waals surface area contributed by atoms with E-state index in [4.69, 9.17) is 0 Å². The van der Waals surface area contributed by atoms with Crippen LogP contribution in [0.25, 0.3) is 0 Å². The van der Waals surface area contributed by atoms with Crippen LogP contribution in [0.4, 0.5) is 10.1 Å². The Morgan fingerprint density at radius 2 is 1.85 bits per heavy atom. The van der Waals surface area contributed by atoms with Gasteiger partial charge in [0.05, 0.1) is 18.4 Å². The SMILES string of the molecule is CC(C)c1cc(C/C([O-])=N/S(=O)(=O)N(C[C@@H]2CCCN2C)c2cnn(C)c2)cc(C(C)C)c1F. The van der Waals surface area contributed by atoms with Crippen LogP contribution < -0.4 is 9.41 Å². The highest BCUT2D eigenvalue weighted by molar-refractivity contribution is 7.91. The van der Waals surface area contributed by atoms with Crippen molar-refractivity contribution < 1.29 is 17.9 Å². The zero-order valence-electron chi connectivity index (χ0n) is 20.8. The Bertz CT molecular complexity index is 1110. The normalized spacial score (nSPS) is 17.8. The van der Waals surface area contributed by atoms with E-state index in [1.54, 1.807) is 25.4 Å². The summed E-state index contributed by atoms with van der Waals surface area (Å²) in [7, 11) is -0.639. The molecule has 1 saturated heterocycles. The lowest BCUT2D eigenvalue weighted by Gasteiger charge is -2.28. The molecule has 1 aliphatic heterocycles. The molecule has 0 spiro atoms. The first kappa shape index (κ1) is 26.2. The van der Waals surface area contributed by atoms with Crippen LogP contribution in [0.5, 0.6) is 0 Å². The van der Waals surface area contributed by atoms with Gasteiger partial charge in [-0.2, -0.15) is 17.9 Å². The fourth-order valence-corrected chi connectivity index (χ4v) is 5.47. The van der Waals surface area contributed by atoms with Gasteiger partial charge in [0.2, 0.25) is 0 Å². The standard InChI is InChI=1S/C24H36FN5O3S/c1-16(2)21-10-18(11-22(17(3)4)24(21)25)12-23(31)27-34(32,33)30(20-13-26-29(6)14-20)15-19-8-7-9-28(19)5/h10-11,13-14,16-17,19H,7-9,12,15H2,1-6H3,(H,27,31)/p-1/t19-/m0/s1. The van der Waals surface area contributed by atoms with Gasteiger partial charge in [0, 0.05) is 25.7 Å². The summed E-state index contributed by atoms with van der Waals surface area (Å²) in [4.78, 5) is 2.11. The Balaban J connectivity index is 1.92. The lowest BCUT2D eigenvalue weighted by atomic mass is 9.91. The number of anilines is 1. The number of halogens is 1. The molecule has 1 aliphatic rings. The first-order chi connectivity index (χ1) is 15.9. The molecule has 0 saturated carbocycles. The largest absolute Gasteiger partial charge is 0.861 e. The van der Waals surface area contributed by atoms with E-state index >= 15 is 0 Å². The minimum Gasteiger partial charge on any atom is -0.861 e. The average molecular weight is 493 g/mol. The molecule has 188 valence electrons. The van der Waals surface area contributed by atoms with Gasteiger partial charge in [-0.25, -0.2) is 8.70 Å². The number of likely N-dealkylation sites (N-methyl/N-ethyl adjacent to an activating group) is 1. The molecule has 1 aromatic heterocycles. The second-order valence-corrected chi connectivity index (χ2v) is 11.2. The van der Waals surface area contributed by atoms with Crippen LogP contribution in [0, 0.1) is 5.82 Å². The molecular formula is C24H35FN5O3S-. The summed E-state index contributed by atoms with van der Waals surface area (Å²) >= 11 is 0. The molecule has 0 amide bonds. The summed E-state index contributed by atoms with van der Waals surface area (Å²) < 4.78 is 47.7. The molecular weight excluding hydrogens is 457 g/mol. The molecule has 0 aliphatic carbocycles. The minimum absolute atomic E-state index is 0.0274. The van der Waals surface area contributed by atoms with Crippen LogP contribution in [0.2, 0.25) is 0 Å². The monoisotopic (exact) mass is 492 g/mol. The molecule has 0 radical (unpaired) electrons. The van der Waals surface area contributed by atoms with Gasteiger partial charge in [0.15, 0.2) is 0 Å². The maximum atomic E-state index is 14.9. The lowest BCUT2D eigenvalue weighted by molar-refractivity contribution is -0.217. The van der Waals surface area contributed by atoms with Gasteiger partial charge >= 0.3 is 10.2 Å². The maximum Gasteiger partial charge on any atom is 0.343 e. The molecule has 1 atom stereocenters. The molecule has 3 rings (SSSR count). The third-order valence-electron chi connectivity index (χ3n) is 6.31. The zero-order chi connectivity index (χ0) is 25.2. The van der Waals surface area contributed by atoms with Crippen molar-refractivity contribution in [3.05, 3.63) is 47.0 Å². The molecule has 10 heteroatoms. The smallest absolute Gasteiger partial charge is 0.343 e. The van der Waals surface area contributed by atoms with Crippen LogP contribution >= 0.6 is 0 Å². The van der Waals surface area contributed by atoms with E-state index in [0.29, 0.717) is 22.4 Å². The average Bonchev–Trinajstić information content (AvgIpc) is 3.33. The first-order valence-corrected chi connectivity index (χ1v) is 13.1. The van der Waals surface area contributed by atoms with E-state index in [2.05, 4.69) is 14.4 Å². The highest BCUT2D eigenvalue weighted by Crippen LogP contribution is 2.28. The Labute approximate surface area is 202 Å². The van der Waals surface area contributed by atoms with Crippen molar-refractivity contribution in [1.82, 2.24) is 14.7 Å². The van der Waals surface area contributed by atoms with Crippen molar-refractivity contribution in [2.75, 3.05) is 24.4 Å². The predicted molar refractivity (Wildman–Crippen MR) is 131 cm³/mol. The number of hydrogen-bond acceptors (Lipinski definition) is 5. The Hall–Kier alpha value is -2.46. The molecule has 1 fully saturated rings. The first-order valence-electron chi connectivity index (χ1n) is 11.7. The Morgan fingerprint density at radius 1 is 1.24 bits per heavy atom. The number of rotatable bonds is 9. The lowest BCUT2D eigenvalue weighted by Crippen LogP contribution is -2.42. The van der Waals surface area contributed by atoms with Crippen molar-refractivity contribution in [3.8, 4) is 0 Å². The molecule has 0 unspecified atom stereocenters. The van der Waals surface area contributed by atoms with E-state index < -0.39 is 16.1 Å². The van der Waals surface area contributed by atoms with Crippen LogP contribution in [0.15, 0.2) is 28.9 Å². The highest BCUT2D eigenvalue weighted by Gasteiger charge is 2.30. The van der Waals surface area contributed by atoms with Gasteiger partial charge in [-0.1, -0.05) is 39.8 Å². The van der Waals surface area contributed by atoms with Gasteiger partial charge < -0.3 is 10.0 Å². The van der Waals surface area contributed by atoms with Crippen molar-refractivity contribution in [3.63, 3.8) is 0 Å². The number of likely N-dealkylation sites (tertiary alicyclic amines) is 1. The number of aryl methyl sites for hydroxylation is 1. The highest BCUT2D eigenvalue weighted by atomic mass is 32.2. The van der Waals surface area contributed by atoms with Crippen molar-refractivity contribution >= 4 is 21.8 Å². The molecule has 0 N–H and O–H groups in total. The quantitative estimate of drug-likeness (QED) is 0.396. The molecule has 0 bridgehead atoms. The van der Waals surface area contributed by atoms with E-state index in [1.807, 2.05) is 34.7 Å². The molecule has 2 aromatic rings. The summed E-state index contributed by atoms with van der Waals surface area (Å²) in [6.07, 6.45) is 4.68. The van der Waals surface area contributed by atoms with E-state index in [0.717, 1.165) is 23.7 Å². The van der Waals surface area contributed by atoms with Crippen LogP contribution in [0.3, 0.4) is 0 Å². The van der Waals surface area contributed by atoms with Crippen molar-refractivity contribution in [1.29, 1.82) is 0 Å². The van der Waals surface area contributed by atoms with Gasteiger partial charge in [0.25, 0.3) is 0 Å². The second-order valence-electron chi connectivity index (χ2n) is 9.72. The number of aromatic nitrogens is 2. The van der Waals surface area contributed by atoms with Gasteiger partial charge in [0.1, 0.15) is 5.82 Å². The van der Waals surface area contributed by atoms with Crippen molar-refractivity contribution in [2.45, 2.75) is 64.8 Å². The van der Waals surface area contributed by atoms with Gasteiger partial charge in [-0.15, -0.1) is 0 Å². The molecule has 8 nitrogen and oxygen atoms in total. The molecule has 2 heterocycles. The Kier molecular flexibility index (Phi) is 8.02. The number of hydrogen-bond donors (Lipinski definition) is 0. The minimum atomic E-state index is -4.30. The second kappa shape index (κ2) is 10.4. The zero-order valence-corrected chi connectivity index (χ0v) is 21.6.